The average Bonchev–Trinajstić information content (AvgIpc) is 3.28. The molecule has 2 aliphatic rings. The Labute approximate surface area is 209 Å². The second-order valence-corrected chi connectivity index (χ2v) is 9.68. The van der Waals surface area contributed by atoms with Gasteiger partial charge in [0, 0.05) is 22.9 Å². The van der Waals surface area contributed by atoms with Gasteiger partial charge in [-0.15, -0.1) is 0 Å². The van der Waals surface area contributed by atoms with Crippen LogP contribution in [0.1, 0.15) is 29.0 Å². The van der Waals surface area contributed by atoms with Gasteiger partial charge in [-0.1, -0.05) is 58.4 Å². The number of alkyl halides is 2. The van der Waals surface area contributed by atoms with Gasteiger partial charge in [0.1, 0.15) is 17.1 Å². The van der Waals surface area contributed by atoms with Crippen molar-refractivity contribution in [3.05, 3.63) is 88.2 Å². The molecule has 4 unspecified atom stereocenters. The number of carbonyl (C=O) groups is 1. The van der Waals surface area contributed by atoms with Crippen LogP contribution in [0, 0.1) is 5.92 Å². The van der Waals surface area contributed by atoms with E-state index < -0.39 is 29.5 Å². The third kappa shape index (κ3) is 3.51. The summed E-state index contributed by atoms with van der Waals surface area (Å²) in [6.45, 7) is -0.171. The largest absolute Gasteiger partial charge is 0.495 e. The molecule has 1 aromatic heterocycles. The van der Waals surface area contributed by atoms with Gasteiger partial charge in [-0.2, -0.15) is 8.78 Å². The summed E-state index contributed by atoms with van der Waals surface area (Å²) in [6, 6.07) is 17.1. The molecule has 0 bridgehead atoms. The van der Waals surface area contributed by atoms with E-state index in [1.54, 1.807) is 0 Å². The number of ether oxygens (including phenoxy) is 2. The molecule has 2 heterocycles. The lowest BCUT2D eigenvalue weighted by molar-refractivity contribution is -0.137. The van der Waals surface area contributed by atoms with Crippen molar-refractivity contribution in [3.63, 3.8) is 0 Å². The Morgan fingerprint density at radius 2 is 1.94 bits per heavy atom. The third-order valence-electron chi connectivity index (χ3n) is 7.11. The smallest absolute Gasteiger partial charge is 0.315 e. The maximum atomic E-state index is 13.0. The molecule has 1 saturated carbocycles. The van der Waals surface area contributed by atoms with Crippen LogP contribution >= 0.6 is 15.9 Å². The summed E-state index contributed by atoms with van der Waals surface area (Å²) in [6.07, 6.45) is 0.220. The van der Waals surface area contributed by atoms with Crippen molar-refractivity contribution in [2.45, 2.75) is 30.0 Å². The lowest BCUT2D eigenvalue weighted by atomic mass is 9.70. The molecule has 35 heavy (non-hydrogen) atoms. The Hall–Kier alpha value is -3.04. The standard InChI is InChI=1S/C26H23BrF2N2O4/c1-34-20-13-30-14-21-22(20)25(33)17(12-31-24(32)23(28)29)11-19(15-5-3-2-4-6-15)26(25,35-21)16-7-9-18(27)10-8-16/h2-10,13-14,17,19,23,33H,11-12H2,1H3,(H,31,32). The number of carbonyl (C=O) groups excluding carboxylic acids is 1. The fourth-order valence-electron chi connectivity index (χ4n) is 5.70. The molecular formula is C26H23BrF2N2O4. The van der Waals surface area contributed by atoms with E-state index in [0.29, 0.717) is 29.0 Å². The van der Waals surface area contributed by atoms with Crippen molar-refractivity contribution in [1.29, 1.82) is 0 Å². The van der Waals surface area contributed by atoms with E-state index in [0.717, 1.165) is 10.0 Å². The second-order valence-electron chi connectivity index (χ2n) is 8.77. The molecule has 1 aliphatic heterocycles. The predicted molar refractivity (Wildman–Crippen MR) is 127 cm³/mol. The molecule has 0 saturated heterocycles. The zero-order valence-corrected chi connectivity index (χ0v) is 20.3. The number of fused-ring (bicyclic) bond motifs is 3. The summed E-state index contributed by atoms with van der Waals surface area (Å²) in [5.74, 6) is -1.76. The summed E-state index contributed by atoms with van der Waals surface area (Å²) in [7, 11) is 1.47. The molecule has 0 spiro atoms. The van der Waals surface area contributed by atoms with E-state index in [1.165, 1.54) is 19.5 Å². The van der Waals surface area contributed by atoms with E-state index in [2.05, 4.69) is 26.2 Å². The molecule has 5 rings (SSSR count). The molecule has 3 aromatic rings. The van der Waals surface area contributed by atoms with Crippen LogP contribution in [0.5, 0.6) is 11.5 Å². The van der Waals surface area contributed by atoms with Crippen LogP contribution in [0.2, 0.25) is 0 Å². The maximum absolute atomic E-state index is 13.0. The normalized spacial score (nSPS) is 26.7. The van der Waals surface area contributed by atoms with Crippen molar-refractivity contribution in [2.24, 2.45) is 5.92 Å². The topological polar surface area (TPSA) is 80.7 Å². The fraction of sp³-hybridized carbons (Fsp3) is 0.308. The lowest BCUT2D eigenvalue weighted by Crippen LogP contribution is -2.52. The van der Waals surface area contributed by atoms with E-state index in [4.69, 9.17) is 9.47 Å². The monoisotopic (exact) mass is 544 g/mol. The summed E-state index contributed by atoms with van der Waals surface area (Å²) in [5.41, 5.74) is -1.03. The highest BCUT2D eigenvalue weighted by Crippen LogP contribution is 2.69. The number of amides is 1. The van der Waals surface area contributed by atoms with Crippen LogP contribution in [0.3, 0.4) is 0 Å². The molecule has 4 atom stereocenters. The summed E-state index contributed by atoms with van der Waals surface area (Å²) >= 11 is 3.46. The zero-order valence-electron chi connectivity index (χ0n) is 18.8. The van der Waals surface area contributed by atoms with Gasteiger partial charge < -0.3 is 19.9 Å². The van der Waals surface area contributed by atoms with Crippen LogP contribution in [0.25, 0.3) is 0 Å². The van der Waals surface area contributed by atoms with Gasteiger partial charge in [-0.05, 0) is 29.7 Å². The van der Waals surface area contributed by atoms with Crippen LogP contribution < -0.4 is 14.8 Å². The molecule has 2 aromatic carbocycles. The summed E-state index contributed by atoms with van der Waals surface area (Å²) in [5, 5.41) is 15.0. The highest BCUT2D eigenvalue weighted by molar-refractivity contribution is 9.10. The number of halogens is 3. The summed E-state index contributed by atoms with van der Waals surface area (Å²) in [4.78, 5) is 16.0. The Balaban J connectivity index is 1.75. The SMILES string of the molecule is COc1cncc2c1C1(O)C(CNC(=O)C(F)F)CC(c3ccccc3)C1(c1ccc(Br)cc1)O2. The van der Waals surface area contributed by atoms with E-state index in [-0.39, 0.29) is 12.5 Å². The predicted octanol–water partition coefficient (Wildman–Crippen LogP) is 4.51. The van der Waals surface area contributed by atoms with Gasteiger partial charge in [0.25, 0.3) is 5.91 Å². The number of rotatable bonds is 6. The van der Waals surface area contributed by atoms with Crippen molar-refractivity contribution in [2.75, 3.05) is 13.7 Å². The van der Waals surface area contributed by atoms with Crippen molar-refractivity contribution >= 4 is 21.8 Å². The van der Waals surface area contributed by atoms with Gasteiger partial charge in [0.15, 0.2) is 5.60 Å². The first-order valence-corrected chi connectivity index (χ1v) is 11.9. The van der Waals surface area contributed by atoms with E-state index in [9.17, 15) is 18.7 Å². The van der Waals surface area contributed by atoms with Gasteiger partial charge in [0.05, 0.1) is 25.1 Å². The minimum atomic E-state index is -3.15. The van der Waals surface area contributed by atoms with Gasteiger partial charge >= 0.3 is 6.43 Å². The van der Waals surface area contributed by atoms with Gasteiger partial charge in [-0.3, -0.25) is 9.78 Å². The number of hydrogen-bond donors (Lipinski definition) is 2. The van der Waals surface area contributed by atoms with Gasteiger partial charge in [0.2, 0.25) is 0 Å². The zero-order chi connectivity index (χ0) is 24.8. The quantitative estimate of drug-likeness (QED) is 0.477. The highest BCUT2D eigenvalue weighted by atomic mass is 79.9. The molecule has 1 aliphatic carbocycles. The van der Waals surface area contributed by atoms with E-state index in [1.807, 2.05) is 54.6 Å². The molecule has 9 heteroatoms. The number of nitrogens with one attached hydrogen (secondary N) is 1. The van der Waals surface area contributed by atoms with Crippen LogP contribution in [-0.4, -0.2) is 36.1 Å². The second kappa shape index (κ2) is 8.87. The Morgan fingerprint density at radius 1 is 1.23 bits per heavy atom. The van der Waals surface area contributed by atoms with Crippen molar-refractivity contribution in [1.82, 2.24) is 10.3 Å². The molecule has 1 fully saturated rings. The number of aliphatic hydroxyl groups is 1. The molecule has 2 N–H and O–H groups in total. The van der Waals surface area contributed by atoms with Crippen molar-refractivity contribution in [3.8, 4) is 11.5 Å². The lowest BCUT2D eigenvalue weighted by Gasteiger charge is -2.42. The fourth-order valence-corrected chi connectivity index (χ4v) is 5.96. The summed E-state index contributed by atoms with van der Waals surface area (Å²) < 4.78 is 39.1. The molecule has 6 nitrogen and oxygen atoms in total. The van der Waals surface area contributed by atoms with Gasteiger partial charge in [-0.25, -0.2) is 0 Å². The molecule has 182 valence electrons. The Bertz CT molecular complexity index is 1240. The van der Waals surface area contributed by atoms with Crippen molar-refractivity contribution < 1.29 is 28.2 Å². The highest BCUT2D eigenvalue weighted by Gasteiger charge is 2.73. The number of pyridine rings is 1. The Kier molecular flexibility index (Phi) is 6.01. The number of nitrogens with zero attached hydrogens (tertiary/aromatic N) is 1. The van der Waals surface area contributed by atoms with Crippen LogP contribution in [-0.2, 0) is 16.0 Å². The maximum Gasteiger partial charge on any atom is 0.315 e. The number of aromatic nitrogens is 1. The first-order chi connectivity index (χ1) is 16.8. The average molecular weight is 545 g/mol. The molecular weight excluding hydrogens is 522 g/mol. The number of hydrogen-bond acceptors (Lipinski definition) is 5. The first kappa shape index (κ1) is 23.7. The molecule has 1 amide bonds. The number of benzene rings is 2. The third-order valence-corrected chi connectivity index (χ3v) is 7.64. The first-order valence-electron chi connectivity index (χ1n) is 11.1. The Morgan fingerprint density at radius 3 is 2.60 bits per heavy atom. The van der Waals surface area contributed by atoms with Crippen LogP contribution in [0.15, 0.2) is 71.5 Å². The number of methoxy groups -OCH3 is 1. The minimum Gasteiger partial charge on any atom is -0.495 e. The minimum absolute atomic E-state index is 0.171. The van der Waals surface area contributed by atoms with E-state index >= 15 is 0 Å². The van der Waals surface area contributed by atoms with Crippen LogP contribution in [0.4, 0.5) is 8.78 Å². The molecule has 0 radical (unpaired) electrons.